The molecule has 0 heterocycles. The minimum atomic E-state index is -3.19. The molecule has 0 saturated carbocycles. The average Bonchev–Trinajstić information content (AvgIpc) is 1.88. The van der Waals surface area contributed by atoms with E-state index in [0.29, 0.717) is 6.42 Å². The van der Waals surface area contributed by atoms with E-state index in [1.165, 1.54) is 0 Å². The molecule has 3 nitrogen and oxygen atoms in total. The van der Waals surface area contributed by atoms with Gasteiger partial charge < -0.3 is 9.05 Å². The van der Waals surface area contributed by atoms with Gasteiger partial charge in [0.1, 0.15) is 12.2 Å². The maximum absolute atomic E-state index is 11.3. The molecule has 0 aliphatic heterocycles. The highest BCUT2D eigenvalue weighted by atomic mass is 31.2. The predicted octanol–water partition coefficient (Wildman–Crippen LogP) is 1.80. The van der Waals surface area contributed by atoms with E-state index >= 15 is 0 Å². The van der Waals surface area contributed by atoms with Crippen molar-refractivity contribution in [2.45, 2.75) is 13.3 Å². The van der Waals surface area contributed by atoms with Gasteiger partial charge in [0, 0.05) is 0 Å². The molecule has 0 rings (SSSR count). The van der Waals surface area contributed by atoms with Gasteiger partial charge in [0.2, 0.25) is 0 Å². The topological polar surface area (TPSA) is 35.5 Å². The van der Waals surface area contributed by atoms with E-state index in [0.717, 1.165) is 0 Å². The summed E-state index contributed by atoms with van der Waals surface area (Å²) >= 11 is 0. The molecule has 0 amide bonds. The fourth-order valence-electron chi connectivity index (χ4n) is 0.544. The van der Waals surface area contributed by atoms with Crippen molar-refractivity contribution in [1.29, 1.82) is 0 Å². The predicted molar refractivity (Wildman–Crippen MR) is 42.6 cm³/mol. The molecule has 0 fully saturated rings. The summed E-state index contributed by atoms with van der Waals surface area (Å²) in [6.07, 6.45) is 14.0. The molecule has 0 unspecified atom stereocenters. The van der Waals surface area contributed by atoms with Gasteiger partial charge in [-0.15, -0.1) is 0 Å². The molecule has 0 aromatic carbocycles. The van der Waals surface area contributed by atoms with Gasteiger partial charge in [0.25, 0.3) is 0 Å². The first kappa shape index (κ1) is 9.95. The van der Waals surface area contributed by atoms with Gasteiger partial charge in [0.15, 0.2) is 0 Å². The standard InChI is InChI=1S/C7H9O3P/c1-4-7-11(8,9-5-2)10-6-3/h2-3H,4,7H2,1H3. The lowest BCUT2D eigenvalue weighted by atomic mass is 10.6. The first-order chi connectivity index (χ1) is 5.18. The minimum absolute atomic E-state index is 0.237. The van der Waals surface area contributed by atoms with Gasteiger partial charge in [-0.05, 0) is 6.42 Å². The summed E-state index contributed by atoms with van der Waals surface area (Å²) in [5.74, 6) is 0. The van der Waals surface area contributed by atoms with E-state index < -0.39 is 7.60 Å². The minimum Gasteiger partial charge on any atom is -0.362 e. The molecule has 0 aromatic rings. The zero-order valence-electron chi connectivity index (χ0n) is 6.24. The van der Waals surface area contributed by atoms with Crippen molar-refractivity contribution in [3.63, 3.8) is 0 Å². The number of rotatable bonds is 4. The second-order valence-corrected chi connectivity index (χ2v) is 3.79. The Morgan fingerprint density at radius 3 is 2.09 bits per heavy atom. The lowest BCUT2D eigenvalue weighted by Gasteiger charge is -2.09. The molecule has 60 valence electrons. The Morgan fingerprint density at radius 2 is 1.82 bits per heavy atom. The second-order valence-electron chi connectivity index (χ2n) is 1.75. The Morgan fingerprint density at radius 1 is 1.36 bits per heavy atom. The molecule has 0 N–H and O–H groups in total. The van der Waals surface area contributed by atoms with Crippen molar-refractivity contribution in [3.8, 4) is 25.1 Å². The van der Waals surface area contributed by atoms with Gasteiger partial charge >= 0.3 is 7.60 Å². The first-order valence-electron chi connectivity index (χ1n) is 3.06. The van der Waals surface area contributed by atoms with Crippen LogP contribution >= 0.6 is 7.60 Å². The number of hydrogen-bond acceptors (Lipinski definition) is 3. The molecule has 0 spiro atoms. The zero-order valence-corrected chi connectivity index (χ0v) is 7.14. The number of hydrogen-bond donors (Lipinski definition) is 0. The van der Waals surface area contributed by atoms with E-state index in [9.17, 15) is 4.57 Å². The van der Waals surface area contributed by atoms with Crippen LogP contribution in [0.2, 0.25) is 0 Å². The Labute approximate surface area is 66.6 Å². The van der Waals surface area contributed by atoms with Crippen molar-refractivity contribution in [1.82, 2.24) is 0 Å². The summed E-state index contributed by atoms with van der Waals surface area (Å²) in [6, 6.07) is 0. The van der Waals surface area contributed by atoms with Gasteiger partial charge in [-0.25, -0.2) is 4.57 Å². The summed E-state index contributed by atoms with van der Waals surface area (Å²) in [6.45, 7) is 1.83. The van der Waals surface area contributed by atoms with Crippen LogP contribution in [-0.4, -0.2) is 6.16 Å². The quantitative estimate of drug-likeness (QED) is 0.479. The summed E-state index contributed by atoms with van der Waals surface area (Å²) in [5, 5.41) is 0. The molecule has 0 aliphatic carbocycles. The van der Waals surface area contributed by atoms with Crippen molar-refractivity contribution in [2.75, 3.05) is 6.16 Å². The van der Waals surface area contributed by atoms with Crippen LogP contribution in [0.15, 0.2) is 0 Å². The molecule has 0 bridgehead atoms. The summed E-state index contributed by atoms with van der Waals surface area (Å²) in [5.41, 5.74) is 0. The van der Waals surface area contributed by atoms with E-state index in [4.69, 9.17) is 12.8 Å². The maximum atomic E-state index is 11.3. The van der Waals surface area contributed by atoms with Crippen LogP contribution in [0.25, 0.3) is 0 Å². The molecule has 0 aromatic heterocycles. The van der Waals surface area contributed by atoms with Crippen molar-refractivity contribution in [2.24, 2.45) is 0 Å². The zero-order chi connectivity index (χ0) is 8.74. The van der Waals surface area contributed by atoms with Crippen molar-refractivity contribution < 1.29 is 13.6 Å². The second kappa shape index (κ2) is 4.72. The van der Waals surface area contributed by atoms with Crippen LogP contribution in [0.1, 0.15) is 13.3 Å². The van der Waals surface area contributed by atoms with Crippen LogP contribution in [0.5, 0.6) is 0 Å². The average molecular weight is 172 g/mol. The Kier molecular flexibility index (Phi) is 4.27. The smallest absolute Gasteiger partial charge is 0.362 e. The highest BCUT2D eigenvalue weighted by Gasteiger charge is 2.23. The third kappa shape index (κ3) is 3.61. The molecular weight excluding hydrogens is 163 g/mol. The lowest BCUT2D eigenvalue weighted by molar-refractivity contribution is 0.354. The first-order valence-corrected chi connectivity index (χ1v) is 4.78. The Balaban J connectivity index is 4.19. The summed E-state index contributed by atoms with van der Waals surface area (Å²) < 4.78 is 20.1. The van der Waals surface area contributed by atoms with E-state index in [1.54, 1.807) is 12.2 Å². The number of terminal acetylenes is 2. The molecule has 0 radical (unpaired) electrons. The Hall–Kier alpha value is -1.05. The largest absolute Gasteiger partial charge is 0.447 e. The van der Waals surface area contributed by atoms with Crippen molar-refractivity contribution in [3.05, 3.63) is 0 Å². The summed E-state index contributed by atoms with van der Waals surface area (Å²) in [7, 11) is -3.19. The normalized spacial score (nSPS) is 9.36. The maximum Gasteiger partial charge on any atom is 0.447 e. The molecule has 4 heteroatoms. The van der Waals surface area contributed by atoms with Crippen LogP contribution in [0.3, 0.4) is 0 Å². The van der Waals surface area contributed by atoms with Crippen LogP contribution in [0, 0.1) is 25.1 Å². The molecular formula is C7H9O3P. The third-order valence-corrected chi connectivity index (χ3v) is 2.64. The van der Waals surface area contributed by atoms with E-state index in [2.05, 4.69) is 9.05 Å². The van der Waals surface area contributed by atoms with Gasteiger partial charge in [0.05, 0.1) is 6.16 Å². The van der Waals surface area contributed by atoms with E-state index in [-0.39, 0.29) is 6.16 Å². The lowest BCUT2D eigenvalue weighted by Crippen LogP contribution is -1.91. The molecule has 0 atom stereocenters. The van der Waals surface area contributed by atoms with Gasteiger partial charge in [-0.3, -0.25) is 0 Å². The molecule has 11 heavy (non-hydrogen) atoms. The highest BCUT2D eigenvalue weighted by Crippen LogP contribution is 2.47. The highest BCUT2D eigenvalue weighted by molar-refractivity contribution is 7.54. The SMILES string of the molecule is C#COP(=O)(CCC)OC#C. The third-order valence-electron chi connectivity index (χ3n) is 0.881. The van der Waals surface area contributed by atoms with Crippen molar-refractivity contribution >= 4 is 7.60 Å². The van der Waals surface area contributed by atoms with Gasteiger partial charge in [-0.1, -0.05) is 19.8 Å². The van der Waals surface area contributed by atoms with E-state index in [1.807, 2.05) is 6.92 Å². The molecule has 0 saturated heterocycles. The fraction of sp³-hybridized carbons (Fsp3) is 0.429. The monoisotopic (exact) mass is 172 g/mol. The fourth-order valence-corrected chi connectivity index (χ4v) is 1.63. The Bertz CT molecular complexity index is 213. The van der Waals surface area contributed by atoms with Crippen LogP contribution < -0.4 is 0 Å². The summed E-state index contributed by atoms with van der Waals surface area (Å²) in [4.78, 5) is 0. The van der Waals surface area contributed by atoms with Gasteiger partial charge in [-0.2, -0.15) is 0 Å². The molecule has 0 aliphatic rings. The van der Waals surface area contributed by atoms with Crippen LogP contribution in [-0.2, 0) is 13.6 Å². The van der Waals surface area contributed by atoms with Crippen LogP contribution in [0.4, 0.5) is 0 Å².